The number of aliphatic hydroxyl groups excluding tert-OH is 2. The van der Waals surface area contributed by atoms with Gasteiger partial charge in [-0.1, -0.05) is 33.6 Å². The third-order valence-electron chi connectivity index (χ3n) is 3.77. The van der Waals surface area contributed by atoms with Gasteiger partial charge in [-0.05, 0) is 24.2 Å². The van der Waals surface area contributed by atoms with Crippen LogP contribution >= 0.6 is 0 Å². The summed E-state index contributed by atoms with van der Waals surface area (Å²) in [5.41, 5.74) is 0.299. The van der Waals surface area contributed by atoms with Crippen molar-refractivity contribution >= 4 is 0 Å². The minimum absolute atomic E-state index is 0.0177. The zero-order valence-electron chi connectivity index (χ0n) is 10.9. The Hall–Kier alpha value is -0.120. The van der Waals surface area contributed by atoms with Gasteiger partial charge in [-0.25, -0.2) is 0 Å². The molecular formula is C13H27NO2. The molecule has 0 aromatic rings. The molecule has 96 valence electrons. The maximum Gasteiger partial charge on any atom is 0.0607 e. The third-order valence-corrected chi connectivity index (χ3v) is 3.77. The molecule has 2 atom stereocenters. The first-order chi connectivity index (χ1) is 7.49. The average Bonchev–Trinajstić information content (AvgIpc) is 2.25. The molecule has 1 saturated carbocycles. The highest BCUT2D eigenvalue weighted by Gasteiger charge is 2.34. The number of nitrogens with one attached hydrogen (secondary N) is 1. The minimum atomic E-state index is -0.159. The maximum absolute atomic E-state index is 9.12. The fraction of sp³-hybridized carbons (Fsp3) is 1.00. The normalized spacial score (nSPS) is 27.4. The first kappa shape index (κ1) is 13.9. The molecule has 0 aromatic heterocycles. The number of hydrogen-bond acceptors (Lipinski definition) is 3. The zero-order chi connectivity index (χ0) is 12.2. The van der Waals surface area contributed by atoms with E-state index in [0.717, 1.165) is 0 Å². The summed E-state index contributed by atoms with van der Waals surface area (Å²) in [5.74, 6) is 0.641. The van der Waals surface area contributed by atoms with Crippen molar-refractivity contribution in [2.24, 2.45) is 11.3 Å². The molecule has 1 aliphatic rings. The monoisotopic (exact) mass is 229 g/mol. The molecule has 0 heterocycles. The molecule has 1 fully saturated rings. The van der Waals surface area contributed by atoms with Crippen LogP contribution in [0.15, 0.2) is 0 Å². The van der Waals surface area contributed by atoms with Gasteiger partial charge in [0, 0.05) is 6.04 Å². The van der Waals surface area contributed by atoms with Gasteiger partial charge < -0.3 is 15.5 Å². The van der Waals surface area contributed by atoms with E-state index in [1.807, 2.05) is 0 Å². The van der Waals surface area contributed by atoms with Crippen molar-refractivity contribution in [1.82, 2.24) is 5.32 Å². The van der Waals surface area contributed by atoms with Crippen LogP contribution in [0.3, 0.4) is 0 Å². The van der Waals surface area contributed by atoms with E-state index in [0.29, 0.717) is 17.4 Å². The molecule has 3 nitrogen and oxygen atoms in total. The van der Waals surface area contributed by atoms with Crippen LogP contribution in [-0.4, -0.2) is 35.5 Å². The summed E-state index contributed by atoms with van der Waals surface area (Å²) in [6.07, 6.45) is 4.99. The van der Waals surface area contributed by atoms with Gasteiger partial charge >= 0.3 is 0 Å². The fourth-order valence-corrected chi connectivity index (χ4v) is 2.83. The number of rotatable bonds is 4. The lowest BCUT2D eigenvalue weighted by Gasteiger charge is -2.42. The van der Waals surface area contributed by atoms with Gasteiger partial charge in [0.15, 0.2) is 0 Å². The molecule has 0 aliphatic heterocycles. The Labute approximate surface area is 99.3 Å². The molecule has 2 unspecified atom stereocenters. The van der Waals surface area contributed by atoms with E-state index < -0.39 is 0 Å². The maximum atomic E-state index is 9.12. The summed E-state index contributed by atoms with van der Waals surface area (Å²) in [6, 6.07) is 0.283. The Morgan fingerprint density at radius 3 is 2.19 bits per heavy atom. The fourth-order valence-electron chi connectivity index (χ4n) is 2.83. The Bertz CT molecular complexity index is 197. The van der Waals surface area contributed by atoms with Crippen molar-refractivity contribution in [2.75, 3.05) is 13.2 Å². The van der Waals surface area contributed by atoms with Gasteiger partial charge in [-0.15, -0.1) is 0 Å². The largest absolute Gasteiger partial charge is 0.395 e. The van der Waals surface area contributed by atoms with Crippen LogP contribution in [0.4, 0.5) is 0 Å². The van der Waals surface area contributed by atoms with E-state index in [2.05, 4.69) is 26.1 Å². The van der Waals surface area contributed by atoms with E-state index in [1.165, 1.54) is 25.7 Å². The second-order valence-electron chi connectivity index (χ2n) is 6.09. The molecule has 1 rings (SSSR count). The van der Waals surface area contributed by atoms with E-state index in [-0.39, 0.29) is 19.3 Å². The van der Waals surface area contributed by atoms with Crippen molar-refractivity contribution in [3.8, 4) is 0 Å². The van der Waals surface area contributed by atoms with Crippen LogP contribution in [0.1, 0.15) is 46.5 Å². The van der Waals surface area contributed by atoms with E-state index >= 15 is 0 Å². The lowest BCUT2D eigenvalue weighted by molar-refractivity contribution is 0.0941. The molecule has 0 spiro atoms. The molecule has 0 aromatic carbocycles. The summed E-state index contributed by atoms with van der Waals surface area (Å²) in [6.45, 7) is 6.88. The van der Waals surface area contributed by atoms with Crippen LogP contribution in [-0.2, 0) is 0 Å². The zero-order valence-corrected chi connectivity index (χ0v) is 10.9. The predicted octanol–water partition coefficient (Wildman–Crippen LogP) is 1.53. The molecule has 0 bridgehead atoms. The van der Waals surface area contributed by atoms with Crippen molar-refractivity contribution < 1.29 is 10.2 Å². The Morgan fingerprint density at radius 2 is 1.69 bits per heavy atom. The SMILES string of the molecule is CC(C)(C)C1CCCCC1NC(CO)CO. The third kappa shape index (κ3) is 3.72. The summed E-state index contributed by atoms with van der Waals surface area (Å²) in [5, 5.41) is 21.7. The smallest absolute Gasteiger partial charge is 0.0607 e. The van der Waals surface area contributed by atoms with Crippen LogP contribution in [0.5, 0.6) is 0 Å². The quantitative estimate of drug-likeness (QED) is 0.685. The minimum Gasteiger partial charge on any atom is -0.395 e. The summed E-state index contributed by atoms with van der Waals surface area (Å²) in [7, 11) is 0. The predicted molar refractivity (Wildman–Crippen MR) is 66.3 cm³/mol. The van der Waals surface area contributed by atoms with E-state index in [9.17, 15) is 0 Å². The van der Waals surface area contributed by atoms with Gasteiger partial charge in [-0.2, -0.15) is 0 Å². The second kappa shape index (κ2) is 5.99. The standard InChI is InChI=1S/C13H27NO2/c1-13(2,3)11-6-4-5-7-12(11)14-10(8-15)9-16/h10-12,14-16H,4-9H2,1-3H3. The van der Waals surface area contributed by atoms with E-state index in [1.54, 1.807) is 0 Å². The summed E-state index contributed by atoms with van der Waals surface area (Å²) in [4.78, 5) is 0. The average molecular weight is 229 g/mol. The summed E-state index contributed by atoms with van der Waals surface area (Å²) >= 11 is 0. The molecule has 0 amide bonds. The van der Waals surface area contributed by atoms with Crippen molar-refractivity contribution in [3.05, 3.63) is 0 Å². The van der Waals surface area contributed by atoms with Crippen molar-refractivity contribution in [3.63, 3.8) is 0 Å². The topological polar surface area (TPSA) is 52.5 Å². The second-order valence-corrected chi connectivity index (χ2v) is 6.09. The number of aliphatic hydroxyl groups is 2. The first-order valence-corrected chi connectivity index (χ1v) is 6.46. The highest BCUT2D eigenvalue weighted by atomic mass is 16.3. The Morgan fingerprint density at radius 1 is 1.12 bits per heavy atom. The van der Waals surface area contributed by atoms with Gasteiger partial charge in [0.2, 0.25) is 0 Å². The van der Waals surface area contributed by atoms with Gasteiger partial charge in [0.05, 0.1) is 19.3 Å². The molecule has 0 saturated heterocycles. The lowest BCUT2D eigenvalue weighted by Crippen LogP contribution is -2.50. The summed E-state index contributed by atoms with van der Waals surface area (Å²) < 4.78 is 0. The van der Waals surface area contributed by atoms with Gasteiger partial charge in [0.25, 0.3) is 0 Å². The molecule has 16 heavy (non-hydrogen) atoms. The van der Waals surface area contributed by atoms with Crippen LogP contribution in [0.25, 0.3) is 0 Å². The highest BCUT2D eigenvalue weighted by molar-refractivity contribution is 4.89. The molecule has 1 aliphatic carbocycles. The van der Waals surface area contributed by atoms with E-state index in [4.69, 9.17) is 10.2 Å². The van der Waals surface area contributed by atoms with Crippen molar-refractivity contribution in [2.45, 2.75) is 58.5 Å². The highest BCUT2D eigenvalue weighted by Crippen LogP contribution is 2.38. The van der Waals surface area contributed by atoms with Crippen molar-refractivity contribution in [1.29, 1.82) is 0 Å². The van der Waals surface area contributed by atoms with Crippen LogP contribution in [0, 0.1) is 11.3 Å². The molecule has 3 N–H and O–H groups in total. The van der Waals surface area contributed by atoms with Crippen LogP contribution in [0.2, 0.25) is 0 Å². The first-order valence-electron chi connectivity index (χ1n) is 6.46. The van der Waals surface area contributed by atoms with Crippen LogP contribution < -0.4 is 5.32 Å². The molecule has 3 heteroatoms. The lowest BCUT2D eigenvalue weighted by atomic mass is 9.69. The Balaban J connectivity index is 2.60. The van der Waals surface area contributed by atoms with Gasteiger partial charge in [-0.3, -0.25) is 0 Å². The molecule has 0 radical (unpaired) electrons. The van der Waals surface area contributed by atoms with Gasteiger partial charge in [0.1, 0.15) is 0 Å². The molecular weight excluding hydrogens is 202 g/mol. The number of hydrogen-bond donors (Lipinski definition) is 3. The Kier molecular flexibility index (Phi) is 5.22.